The molecule has 1 atom stereocenters. The molecule has 0 saturated carbocycles. The van der Waals surface area contributed by atoms with Gasteiger partial charge in [0.1, 0.15) is 17.4 Å². The number of carbonyl (C=O) groups excluding carboxylic acids is 1. The van der Waals surface area contributed by atoms with Crippen molar-refractivity contribution in [3.05, 3.63) is 45.4 Å². The lowest BCUT2D eigenvalue weighted by Gasteiger charge is -2.06. The van der Waals surface area contributed by atoms with Crippen LogP contribution in [0.3, 0.4) is 0 Å². The number of nitrogens with zero attached hydrogens (tertiary/aromatic N) is 1. The topological polar surface area (TPSA) is 77.2 Å². The van der Waals surface area contributed by atoms with Gasteiger partial charge in [-0.05, 0) is 37.6 Å². The maximum Gasteiger partial charge on any atom is 0.226 e. The zero-order chi connectivity index (χ0) is 16.7. The Labute approximate surface area is 169 Å². The molecule has 1 heterocycles. The molecule has 2 rings (SSSR count). The Hall–Kier alpha value is -1.05. The summed E-state index contributed by atoms with van der Waals surface area (Å²) in [7, 11) is 0. The predicted molar refractivity (Wildman–Crippen MR) is 107 cm³/mol. The number of halogens is 3. The molecule has 0 fully saturated rings. The highest BCUT2D eigenvalue weighted by Crippen LogP contribution is 2.18. The molecule has 0 spiro atoms. The van der Waals surface area contributed by atoms with Gasteiger partial charge in [-0.2, -0.15) is 0 Å². The van der Waals surface area contributed by atoms with Gasteiger partial charge in [0, 0.05) is 23.0 Å². The molecular weight excluding hydrogens is 405 g/mol. The van der Waals surface area contributed by atoms with Crippen LogP contribution in [0, 0.1) is 0 Å². The third kappa shape index (κ3) is 9.28. The number of amides is 1. The van der Waals surface area contributed by atoms with E-state index < -0.39 is 0 Å². The Balaban J connectivity index is 0.00000288. The first-order valence-corrected chi connectivity index (χ1v) is 8.62. The van der Waals surface area contributed by atoms with Crippen LogP contribution in [0.5, 0.6) is 5.75 Å². The molecule has 1 unspecified atom stereocenters. The largest absolute Gasteiger partial charge is 0.486 e. The molecule has 1 aromatic heterocycles. The molecule has 5 nitrogen and oxygen atoms in total. The number of rotatable bonds is 8. The zero-order valence-corrected chi connectivity index (χ0v) is 16.9. The Morgan fingerprint density at radius 1 is 1.36 bits per heavy atom. The number of aromatic nitrogens is 1. The van der Waals surface area contributed by atoms with E-state index in [1.165, 1.54) is 11.3 Å². The Morgan fingerprint density at radius 3 is 2.68 bits per heavy atom. The van der Waals surface area contributed by atoms with Crippen LogP contribution < -0.4 is 15.8 Å². The minimum atomic E-state index is -0.0406. The highest BCUT2D eigenvalue weighted by atomic mass is 35.5. The van der Waals surface area contributed by atoms with E-state index in [0.717, 1.165) is 22.9 Å². The van der Waals surface area contributed by atoms with Gasteiger partial charge in [0.05, 0.1) is 12.1 Å². The number of nitrogens with two attached hydrogens (primary N) is 1. The summed E-state index contributed by atoms with van der Waals surface area (Å²) in [5.41, 5.74) is 6.39. The van der Waals surface area contributed by atoms with E-state index in [9.17, 15) is 4.79 Å². The fourth-order valence-corrected chi connectivity index (χ4v) is 2.67. The van der Waals surface area contributed by atoms with E-state index in [0.29, 0.717) is 18.2 Å². The number of thiazole rings is 1. The number of benzene rings is 1. The summed E-state index contributed by atoms with van der Waals surface area (Å²) < 4.78 is 5.63. The number of ether oxygens (including phenoxy) is 1. The Morgan fingerprint density at radius 2 is 2.04 bits per heavy atom. The molecule has 2 aromatic rings. The van der Waals surface area contributed by atoms with E-state index in [1.54, 1.807) is 12.1 Å². The number of hydrogen-bond donors (Lipinski definition) is 2. The monoisotopic (exact) mass is 425 g/mol. The normalized spacial score (nSPS) is 11.0. The van der Waals surface area contributed by atoms with Gasteiger partial charge in [0.25, 0.3) is 0 Å². The van der Waals surface area contributed by atoms with Gasteiger partial charge in [0.2, 0.25) is 5.91 Å². The second-order valence-corrected chi connectivity index (χ2v) is 6.65. The molecule has 25 heavy (non-hydrogen) atoms. The summed E-state index contributed by atoms with van der Waals surface area (Å²) in [5, 5.41) is 6.22. The summed E-state index contributed by atoms with van der Waals surface area (Å²) in [6.45, 7) is 2.88. The van der Waals surface area contributed by atoms with Gasteiger partial charge in [-0.25, -0.2) is 4.98 Å². The molecule has 0 aliphatic carbocycles. The quantitative estimate of drug-likeness (QED) is 0.676. The third-order valence-electron chi connectivity index (χ3n) is 3.04. The molecule has 9 heteroatoms. The summed E-state index contributed by atoms with van der Waals surface area (Å²) in [6.07, 6.45) is 1.04. The smallest absolute Gasteiger partial charge is 0.226 e. The molecule has 0 bridgehead atoms. The van der Waals surface area contributed by atoms with Crippen molar-refractivity contribution in [3.63, 3.8) is 0 Å². The summed E-state index contributed by atoms with van der Waals surface area (Å²) in [6, 6.07) is 7.25. The maximum absolute atomic E-state index is 11.8. The average molecular weight is 427 g/mol. The van der Waals surface area contributed by atoms with Crippen LogP contribution in [0.1, 0.15) is 24.0 Å². The summed E-state index contributed by atoms with van der Waals surface area (Å²) >= 11 is 7.30. The van der Waals surface area contributed by atoms with Gasteiger partial charge >= 0.3 is 0 Å². The van der Waals surface area contributed by atoms with Crippen molar-refractivity contribution >= 4 is 53.7 Å². The van der Waals surface area contributed by atoms with Crippen LogP contribution >= 0.6 is 47.8 Å². The minimum Gasteiger partial charge on any atom is -0.486 e. The minimum absolute atomic E-state index is 0. The summed E-state index contributed by atoms with van der Waals surface area (Å²) in [4.78, 5) is 16.2. The van der Waals surface area contributed by atoms with Gasteiger partial charge in [-0.15, -0.1) is 36.2 Å². The van der Waals surface area contributed by atoms with E-state index in [1.807, 2.05) is 24.4 Å². The van der Waals surface area contributed by atoms with Gasteiger partial charge in [0.15, 0.2) is 0 Å². The van der Waals surface area contributed by atoms with Crippen LogP contribution in [0.2, 0.25) is 5.02 Å². The highest BCUT2D eigenvalue weighted by molar-refractivity contribution is 7.09. The molecule has 1 amide bonds. The summed E-state index contributed by atoms with van der Waals surface area (Å²) in [5.74, 6) is 0.695. The first kappa shape index (κ1) is 23.9. The maximum atomic E-state index is 11.8. The molecule has 0 saturated heterocycles. The fourth-order valence-electron chi connectivity index (χ4n) is 1.84. The second-order valence-electron chi connectivity index (χ2n) is 5.27. The van der Waals surface area contributed by atoms with Crippen LogP contribution in [0.4, 0.5) is 0 Å². The van der Waals surface area contributed by atoms with Crippen molar-refractivity contribution < 1.29 is 9.53 Å². The SMILES string of the molecule is CC(N)CCNC(=O)Cc1csc(COc2ccc(Cl)cc2)n1.Cl.Cl. The van der Waals surface area contributed by atoms with Gasteiger partial charge in [-0.3, -0.25) is 4.79 Å². The Kier molecular flexibility index (Phi) is 11.8. The van der Waals surface area contributed by atoms with Crippen molar-refractivity contribution in [1.82, 2.24) is 10.3 Å². The first-order valence-electron chi connectivity index (χ1n) is 7.37. The molecule has 0 aliphatic heterocycles. The van der Waals surface area contributed by atoms with E-state index in [4.69, 9.17) is 22.1 Å². The number of carbonyl (C=O) groups is 1. The lowest BCUT2D eigenvalue weighted by atomic mass is 10.2. The Bertz CT molecular complexity index is 636. The van der Waals surface area contributed by atoms with Crippen molar-refractivity contribution in [2.45, 2.75) is 32.4 Å². The standard InChI is InChI=1S/C16H20ClN3O2S.2ClH/c1-11(18)6-7-19-15(21)8-13-10-23-16(20-13)9-22-14-4-2-12(17)3-5-14;;/h2-5,10-11H,6-9,18H2,1H3,(H,19,21);2*1H. The number of hydrogen-bond acceptors (Lipinski definition) is 5. The van der Waals surface area contributed by atoms with Crippen LogP contribution in [0.15, 0.2) is 29.6 Å². The molecular formula is C16H22Cl3N3O2S. The van der Waals surface area contributed by atoms with Crippen molar-refractivity contribution in [3.8, 4) is 5.75 Å². The molecule has 3 N–H and O–H groups in total. The van der Waals surface area contributed by atoms with Crippen molar-refractivity contribution in [1.29, 1.82) is 0 Å². The van der Waals surface area contributed by atoms with Crippen LogP contribution in [-0.4, -0.2) is 23.5 Å². The average Bonchev–Trinajstić information content (AvgIpc) is 2.93. The van der Waals surface area contributed by atoms with Crippen molar-refractivity contribution in [2.24, 2.45) is 5.73 Å². The van der Waals surface area contributed by atoms with E-state index in [2.05, 4.69) is 10.3 Å². The second kappa shape index (κ2) is 12.3. The third-order valence-corrected chi connectivity index (χ3v) is 4.16. The zero-order valence-electron chi connectivity index (χ0n) is 13.7. The molecule has 1 aromatic carbocycles. The van der Waals surface area contributed by atoms with E-state index in [-0.39, 0.29) is 43.2 Å². The first-order chi connectivity index (χ1) is 11.0. The van der Waals surface area contributed by atoms with Crippen LogP contribution in [0.25, 0.3) is 0 Å². The van der Waals surface area contributed by atoms with Crippen LogP contribution in [-0.2, 0) is 17.8 Å². The van der Waals surface area contributed by atoms with Crippen molar-refractivity contribution in [2.75, 3.05) is 6.54 Å². The number of nitrogens with one attached hydrogen (secondary N) is 1. The molecule has 0 aliphatic rings. The lowest BCUT2D eigenvalue weighted by Crippen LogP contribution is -2.30. The van der Waals surface area contributed by atoms with Gasteiger partial charge in [-0.1, -0.05) is 11.6 Å². The highest BCUT2D eigenvalue weighted by Gasteiger charge is 2.08. The predicted octanol–water partition coefficient (Wildman–Crippen LogP) is 3.62. The fraction of sp³-hybridized carbons (Fsp3) is 0.375. The van der Waals surface area contributed by atoms with E-state index >= 15 is 0 Å². The van der Waals surface area contributed by atoms with Gasteiger partial charge < -0.3 is 15.8 Å². The molecule has 140 valence electrons. The lowest BCUT2D eigenvalue weighted by molar-refractivity contribution is -0.120. The molecule has 0 radical (unpaired) electrons.